The second-order valence-corrected chi connectivity index (χ2v) is 27.2. The molecule has 0 radical (unpaired) electrons. The number of aliphatic hydroxyl groups excluding tert-OH is 2. The zero-order valence-corrected chi connectivity index (χ0v) is 56.9. The third-order valence-corrected chi connectivity index (χ3v) is 16.3. The van der Waals surface area contributed by atoms with Crippen molar-refractivity contribution in [2.75, 3.05) is 88.8 Å². The maximum Gasteiger partial charge on any atom is 0.417 e. The quantitative estimate of drug-likeness (QED) is 0.0800. The van der Waals surface area contributed by atoms with Gasteiger partial charge in [0.1, 0.15) is 42.3 Å². The molecule has 0 saturated carbocycles. The largest absolute Gasteiger partial charge is 0.417 e. The second-order valence-electron chi connectivity index (χ2n) is 27.2. The first kappa shape index (κ1) is 78.0. The van der Waals surface area contributed by atoms with Gasteiger partial charge in [-0.25, -0.2) is 9.59 Å². The summed E-state index contributed by atoms with van der Waals surface area (Å²) in [5.74, 6) is -7.74. The van der Waals surface area contributed by atoms with E-state index in [-0.39, 0.29) is 55.0 Å². The Hall–Kier alpha value is -5.05. The molecule has 2 heterocycles. The fourth-order valence-electron chi connectivity index (χ4n) is 11.1. The molecular formula is C62H115N11O14. The van der Waals surface area contributed by atoms with Crippen molar-refractivity contribution < 1.29 is 67.6 Å². The highest BCUT2D eigenvalue weighted by atomic mass is 16.6. The van der Waals surface area contributed by atoms with Crippen LogP contribution < -0.4 is 21.3 Å². The predicted octanol–water partition coefficient (Wildman–Crippen LogP) is 2.55. The van der Waals surface area contributed by atoms with Crippen LogP contribution in [0.4, 0.5) is 4.79 Å². The molecule has 2 saturated heterocycles. The number of nitrogens with one attached hydrogen (secondary N) is 4. The lowest BCUT2D eigenvalue weighted by molar-refractivity contribution is -0.155. The number of aliphatic hydroxyl groups is 2. The van der Waals surface area contributed by atoms with Crippen LogP contribution in [-0.2, 0) is 52.6 Å². The third kappa shape index (κ3) is 24.3. The van der Waals surface area contributed by atoms with Crippen LogP contribution in [0.25, 0.3) is 0 Å². The van der Waals surface area contributed by atoms with E-state index in [1.807, 2.05) is 86.1 Å². The molecule has 0 aromatic carbocycles. The first-order valence-corrected chi connectivity index (χ1v) is 31.5. The second kappa shape index (κ2) is 36.6. The summed E-state index contributed by atoms with van der Waals surface area (Å²) in [6, 6.07) is -9.37. The van der Waals surface area contributed by atoms with Gasteiger partial charge < -0.3 is 64.9 Å². The van der Waals surface area contributed by atoms with Crippen molar-refractivity contribution in [1.82, 2.24) is 55.6 Å². The molecule has 0 aromatic rings. The highest BCUT2D eigenvalue weighted by Gasteiger charge is 2.45. The molecular weight excluding hydrogens is 1120 g/mol. The lowest BCUT2D eigenvalue weighted by atomic mass is 9.91. The molecule has 2 rings (SSSR count). The number of likely N-dealkylation sites (N-methyl/N-ethyl adjacent to an activating group) is 6. The van der Waals surface area contributed by atoms with E-state index in [0.29, 0.717) is 52.2 Å². The smallest absolute Gasteiger partial charge is 0.391 e. The Morgan fingerprint density at radius 2 is 1.10 bits per heavy atom. The van der Waals surface area contributed by atoms with Gasteiger partial charge in [-0.15, -0.1) is 0 Å². The fourth-order valence-corrected chi connectivity index (χ4v) is 11.1. The van der Waals surface area contributed by atoms with Gasteiger partial charge in [0.2, 0.25) is 41.4 Å². The van der Waals surface area contributed by atoms with Crippen LogP contribution in [0.2, 0.25) is 0 Å². The van der Waals surface area contributed by atoms with Crippen molar-refractivity contribution in [3.8, 4) is 0 Å². The Labute approximate surface area is 520 Å². The first-order chi connectivity index (χ1) is 40.3. The number of hydrogen-bond acceptors (Lipinski definition) is 17. The van der Waals surface area contributed by atoms with Gasteiger partial charge in [0.25, 0.3) is 0 Å². The van der Waals surface area contributed by atoms with Gasteiger partial charge in [-0.2, -0.15) is 0 Å². The van der Waals surface area contributed by atoms with E-state index in [1.54, 1.807) is 34.7 Å². The number of rotatable bonds is 19. The monoisotopic (exact) mass is 1240 g/mol. The average Bonchev–Trinajstić information content (AvgIpc) is 3.49. The van der Waals surface area contributed by atoms with Crippen LogP contribution in [-0.4, -0.2) is 260 Å². The van der Waals surface area contributed by atoms with Crippen molar-refractivity contribution in [3.05, 3.63) is 0 Å². The number of carbonyl (C=O) groups is 9. The lowest BCUT2D eigenvalue weighted by Gasteiger charge is -2.40. The zero-order chi connectivity index (χ0) is 66.6. The highest BCUT2D eigenvalue weighted by molar-refractivity contribution is 5.98. The predicted molar refractivity (Wildman–Crippen MR) is 332 cm³/mol. The van der Waals surface area contributed by atoms with Crippen molar-refractivity contribution in [1.29, 1.82) is 0 Å². The third-order valence-electron chi connectivity index (χ3n) is 16.3. The minimum atomic E-state index is -1.73. The highest BCUT2D eigenvalue weighted by Crippen LogP contribution is 2.25. The molecule has 502 valence electrons. The van der Waals surface area contributed by atoms with Crippen LogP contribution in [0.1, 0.15) is 142 Å². The van der Waals surface area contributed by atoms with Crippen LogP contribution in [0.5, 0.6) is 0 Å². The van der Waals surface area contributed by atoms with E-state index in [2.05, 4.69) is 21.3 Å². The van der Waals surface area contributed by atoms with Gasteiger partial charge in [0.05, 0.1) is 57.0 Å². The maximum absolute atomic E-state index is 15.2. The molecule has 2 fully saturated rings. The van der Waals surface area contributed by atoms with Crippen molar-refractivity contribution >= 4 is 53.4 Å². The average molecular weight is 1240 g/mol. The molecule has 4 unspecified atom stereocenters. The van der Waals surface area contributed by atoms with Gasteiger partial charge in [0, 0.05) is 41.8 Å². The molecule has 0 spiro atoms. The van der Waals surface area contributed by atoms with Crippen molar-refractivity contribution in [3.63, 3.8) is 0 Å². The number of amides is 8. The summed E-state index contributed by atoms with van der Waals surface area (Å²) in [7, 11) is 10.5. The summed E-state index contributed by atoms with van der Waals surface area (Å²) in [6.45, 7) is 28.9. The van der Waals surface area contributed by atoms with Gasteiger partial charge in [-0.05, 0) is 114 Å². The SMILES string of the molecule is CC(C)C[C@@H]1C(=O)N[C@H](CC(C)C)C(=O)N(C)C(C(C)C)C(=O)N(C)C([C@H](O)[C@H](C)CCN(C)CC2COCCO2)C(=O)NC([C@@H](C)O)C(=O)N(C)CC(=O)N(C)[C@@H](CC(C)C)C(=O)N[C@H](CC(C)C)N(C)[C@H](CC(C)C)N[C@H](C)C(=O)OC(=O)N1C. The summed E-state index contributed by atoms with van der Waals surface area (Å²) in [4.78, 5) is 141. The van der Waals surface area contributed by atoms with Gasteiger partial charge in [0.15, 0.2) is 0 Å². The number of hydrogen-bond donors (Lipinski definition) is 6. The molecule has 2 aliphatic heterocycles. The zero-order valence-electron chi connectivity index (χ0n) is 56.9. The van der Waals surface area contributed by atoms with Crippen molar-refractivity contribution in [2.24, 2.45) is 41.4 Å². The van der Waals surface area contributed by atoms with Gasteiger partial charge >= 0.3 is 12.1 Å². The molecule has 25 heteroatoms. The number of cyclic esters (lactones) is 2. The van der Waals surface area contributed by atoms with E-state index in [1.165, 1.54) is 52.0 Å². The molecule has 87 heavy (non-hydrogen) atoms. The maximum atomic E-state index is 15.2. The molecule has 2 aliphatic rings. The Kier molecular flexibility index (Phi) is 32.8. The van der Waals surface area contributed by atoms with E-state index in [4.69, 9.17) is 14.2 Å². The van der Waals surface area contributed by atoms with E-state index < -0.39 is 139 Å². The number of nitrogens with zero attached hydrogens (tertiary/aromatic N) is 7. The Bertz CT molecular complexity index is 2230. The summed E-state index contributed by atoms with van der Waals surface area (Å²) in [6.07, 6.45) is -4.03. The first-order valence-electron chi connectivity index (χ1n) is 31.5. The molecule has 13 atom stereocenters. The molecule has 0 aliphatic carbocycles. The molecule has 0 bridgehead atoms. The van der Waals surface area contributed by atoms with Gasteiger partial charge in [-0.1, -0.05) is 90.0 Å². The van der Waals surface area contributed by atoms with Crippen LogP contribution in [0.15, 0.2) is 0 Å². The lowest BCUT2D eigenvalue weighted by Crippen LogP contribution is -2.64. The number of carbonyl (C=O) groups excluding carboxylic acids is 9. The van der Waals surface area contributed by atoms with Gasteiger partial charge in [-0.3, -0.25) is 48.7 Å². The molecule has 0 aromatic heterocycles. The summed E-state index contributed by atoms with van der Waals surface area (Å²) < 4.78 is 16.9. The summed E-state index contributed by atoms with van der Waals surface area (Å²) >= 11 is 0. The number of esters is 1. The fraction of sp³-hybridized carbons (Fsp3) is 0.855. The molecule has 6 N–H and O–H groups in total. The topological polar surface area (TPSA) is 293 Å². The van der Waals surface area contributed by atoms with E-state index in [9.17, 15) is 43.8 Å². The minimum Gasteiger partial charge on any atom is -0.391 e. The number of ether oxygens (including phenoxy) is 3. The van der Waals surface area contributed by atoms with E-state index in [0.717, 1.165) is 14.7 Å². The molecule has 8 amide bonds. The minimum absolute atomic E-state index is 0.0473. The normalized spacial score (nSPS) is 27.7. The summed E-state index contributed by atoms with van der Waals surface area (Å²) in [5, 5.41) is 35.6. The Morgan fingerprint density at radius 3 is 1.61 bits per heavy atom. The van der Waals surface area contributed by atoms with Crippen LogP contribution in [0.3, 0.4) is 0 Å². The van der Waals surface area contributed by atoms with Crippen LogP contribution in [0, 0.1) is 41.4 Å². The van der Waals surface area contributed by atoms with Crippen molar-refractivity contribution in [2.45, 2.75) is 215 Å². The Morgan fingerprint density at radius 1 is 0.586 bits per heavy atom. The summed E-state index contributed by atoms with van der Waals surface area (Å²) in [5.41, 5.74) is 0. The van der Waals surface area contributed by atoms with Crippen LogP contribution >= 0.6 is 0 Å². The van der Waals surface area contributed by atoms with E-state index >= 15 is 9.59 Å². The standard InChI is InChI=1S/C62H115N11O14/c1-35(2)27-45-58(80)72(21)52(40(11)12)60(82)73(22)53(54(76)41(13)23-24-67(16)32-44-34-85-25-26-86-44)57(79)66-51(43(15)74)59(81)68(17)33-50(75)69(18)46(28-36(3)4)56(78)65-49(31-39(9)10)71(20)48(30-38(7)8)63-42(14)61(83)87-62(84)70(19)47(29-37(5)6)55(77)64-45/h35-49,51-54,63,74,76H,23-34H2,1-22H3,(H,64,77)(H,65,78)(H,66,79)/t41-,42-,43-,44?,45-,46+,47-,48-,49+,51?,52?,53?,54-/m1/s1. The molecule has 25 nitrogen and oxygen atoms in total. The Balaban J connectivity index is 2.95.